The topological polar surface area (TPSA) is 57.9 Å². The van der Waals surface area contributed by atoms with Crippen LogP contribution in [-0.2, 0) is 0 Å². The van der Waals surface area contributed by atoms with Crippen molar-refractivity contribution in [3.63, 3.8) is 0 Å². The molecule has 2 aromatic carbocycles. The number of hydrogen-bond donors (Lipinski definition) is 2. The Balaban J connectivity index is 1.77. The third-order valence-electron chi connectivity index (χ3n) is 4.09. The highest BCUT2D eigenvalue weighted by molar-refractivity contribution is 6.11. The summed E-state index contributed by atoms with van der Waals surface area (Å²) in [6.45, 7) is 2.04. The molecule has 0 radical (unpaired) electrons. The molecule has 2 heterocycles. The Morgan fingerprint density at radius 3 is 2.13 bits per heavy atom. The van der Waals surface area contributed by atoms with E-state index in [0.29, 0.717) is 11.4 Å². The molecule has 0 amide bonds. The highest BCUT2D eigenvalue weighted by Gasteiger charge is 2.15. The number of hydrogen-bond acceptors (Lipinski definition) is 2. The smallest absolute Gasteiger partial charge is 0.225 e. The summed E-state index contributed by atoms with van der Waals surface area (Å²) in [6, 6.07) is 15.6. The van der Waals surface area contributed by atoms with Crippen LogP contribution in [0.15, 0.2) is 48.5 Å². The number of ether oxygens (including phenoxy) is 1. The van der Waals surface area contributed by atoms with E-state index < -0.39 is 0 Å². The predicted molar refractivity (Wildman–Crippen MR) is 91.3 cm³/mol. The maximum Gasteiger partial charge on any atom is 0.225 e. The molecular weight excluding hydrogens is 288 g/mol. The standard InChI is InChI=1S/C19H16N2O2/c1-11-3-5-15-12(7-11)9-17(20-15)19(22)18-10-13-8-14(23-2)4-6-16(13)21-18/h3-10,20-21H,1-2H3. The molecule has 0 spiro atoms. The monoisotopic (exact) mass is 304 g/mol. The maximum absolute atomic E-state index is 12.7. The normalized spacial score (nSPS) is 11.2. The molecular formula is C19H16N2O2. The molecule has 0 bridgehead atoms. The molecule has 0 atom stereocenters. The Bertz CT molecular complexity index is 1040. The molecule has 0 saturated heterocycles. The number of ketones is 1. The summed E-state index contributed by atoms with van der Waals surface area (Å²) in [4.78, 5) is 19.1. The fourth-order valence-electron chi connectivity index (χ4n) is 2.88. The number of carbonyl (C=O) groups is 1. The lowest BCUT2D eigenvalue weighted by atomic mass is 10.1. The van der Waals surface area contributed by atoms with E-state index in [-0.39, 0.29) is 5.78 Å². The third-order valence-corrected chi connectivity index (χ3v) is 4.09. The van der Waals surface area contributed by atoms with Crippen molar-refractivity contribution in [2.24, 2.45) is 0 Å². The van der Waals surface area contributed by atoms with E-state index in [4.69, 9.17) is 4.74 Å². The number of nitrogens with one attached hydrogen (secondary N) is 2. The third kappa shape index (κ3) is 2.28. The van der Waals surface area contributed by atoms with Crippen LogP contribution in [0.4, 0.5) is 0 Å². The molecule has 23 heavy (non-hydrogen) atoms. The summed E-state index contributed by atoms with van der Waals surface area (Å²) in [5, 5.41) is 2.01. The second-order valence-electron chi connectivity index (χ2n) is 5.74. The Kier molecular flexibility index (Phi) is 2.98. The van der Waals surface area contributed by atoms with E-state index in [9.17, 15) is 4.79 Å². The zero-order chi connectivity index (χ0) is 16.0. The number of rotatable bonds is 3. The molecule has 4 rings (SSSR count). The predicted octanol–water partition coefficient (Wildman–Crippen LogP) is 4.20. The van der Waals surface area contributed by atoms with Gasteiger partial charge in [0.2, 0.25) is 5.78 Å². The van der Waals surface area contributed by atoms with Crippen molar-refractivity contribution in [2.45, 2.75) is 6.92 Å². The molecule has 4 nitrogen and oxygen atoms in total. The molecule has 0 aliphatic carbocycles. The average molecular weight is 304 g/mol. The number of benzene rings is 2. The van der Waals surface area contributed by atoms with Gasteiger partial charge in [-0.05, 0) is 49.4 Å². The fraction of sp³-hybridized carbons (Fsp3) is 0.105. The SMILES string of the molecule is COc1ccc2[nH]c(C(=O)c3cc4cc(C)ccc4[nH]3)cc2c1. The van der Waals surface area contributed by atoms with E-state index in [1.807, 2.05) is 49.4 Å². The van der Waals surface area contributed by atoms with Gasteiger partial charge in [-0.3, -0.25) is 4.79 Å². The number of carbonyl (C=O) groups excluding carboxylic acids is 1. The van der Waals surface area contributed by atoms with Crippen LogP contribution >= 0.6 is 0 Å². The molecule has 2 aromatic heterocycles. The van der Waals surface area contributed by atoms with Crippen molar-refractivity contribution in [3.8, 4) is 5.75 Å². The lowest BCUT2D eigenvalue weighted by Gasteiger charge is -1.97. The summed E-state index contributed by atoms with van der Waals surface area (Å²) < 4.78 is 5.22. The Labute approximate surface area is 133 Å². The van der Waals surface area contributed by atoms with E-state index >= 15 is 0 Å². The van der Waals surface area contributed by atoms with Crippen LogP contribution in [0, 0.1) is 6.92 Å². The molecule has 0 unspecified atom stereocenters. The van der Waals surface area contributed by atoms with Gasteiger partial charge in [0.25, 0.3) is 0 Å². The van der Waals surface area contributed by atoms with Crippen LogP contribution < -0.4 is 4.74 Å². The number of fused-ring (bicyclic) bond motifs is 2. The van der Waals surface area contributed by atoms with Crippen molar-refractivity contribution in [3.05, 3.63) is 65.5 Å². The molecule has 0 aliphatic rings. The number of aromatic nitrogens is 2. The van der Waals surface area contributed by atoms with Crippen LogP contribution in [0.25, 0.3) is 21.8 Å². The minimum absolute atomic E-state index is 0.0472. The molecule has 0 fully saturated rings. The first-order chi connectivity index (χ1) is 11.1. The Hall–Kier alpha value is -3.01. The first-order valence-electron chi connectivity index (χ1n) is 7.45. The van der Waals surface area contributed by atoms with Gasteiger partial charge in [-0.1, -0.05) is 11.6 Å². The van der Waals surface area contributed by atoms with Gasteiger partial charge in [0.05, 0.1) is 18.5 Å². The van der Waals surface area contributed by atoms with Crippen molar-refractivity contribution in [1.82, 2.24) is 9.97 Å². The fourth-order valence-corrected chi connectivity index (χ4v) is 2.88. The summed E-state index contributed by atoms with van der Waals surface area (Å²) in [5.74, 6) is 0.727. The number of methoxy groups -OCH3 is 1. The quantitative estimate of drug-likeness (QED) is 0.557. The number of aromatic amines is 2. The maximum atomic E-state index is 12.7. The molecule has 114 valence electrons. The van der Waals surface area contributed by atoms with Gasteiger partial charge in [0.1, 0.15) is 5.75 Å². The molecule has 2 N–H and O–H groups in total. The number of H-pyrrole nitrogens is 2. The molecule has 0 saturated carbocycles. The van der Waals surface area contributed by atoms with Crippen molar-refractivity contribution in [1.29, 1.82) is 0 Å². The molecule has 4 aromatic rings. The van der Waals surface area contributed by atoms with Gasteiger partial charge in [-0.15, -0.1) is 0 Å². The molecule has 0 aliphatic heterocycles. The van der Waals surface area contributed by atoms with E-state index in [2.05, 4.69) is 16.0 Å². The van der Waals surface area contributed by atoms with Gasteiger partial charge < -0.3 is 14.7 Å². The van der Waals surface area contributed by atoms with E-state index in [0.717, 1.165) is 27.6 Å². The summed E-state index contributed by atoms with van der Waals surface area (Å²) in [7, 11) is 1.63. The largest absolute Gasteiger partial charge is 0.497 e. The summed E-state index contributed by atoms with van der Waals surface area (Å²) in [5.41, 5.74) is 4.21. The van der Waals surface area contributed by atoms with Crippen molar-refractivity contribution in [2.75, 3.05) is 7.11 Å². The highest BCUT2D eigenvalue weighted by atomic mass is 16.5. The van der Waals surface area contributed by atoms with Crippen molar-refractivity contribution < 1.29 is 9.53 Å². The van der Waals surface area contributed by atoms with E-state index in [1.165, 1.54) is 5.56 Å². The second kappa shape index (κ2) is 5.02. The van der Waals surface area contributed by atoms with E-state index in [1.54, 1.807) is 7.11 Å². The van der Waals surface area contributed by atoms with Gasteiger partial charge in [0, 0.05) is 21.8 Å². The van der Waals surface area contributed by atoms with Crippen LogP contribution in [-0.4, -0.2) is 22.9 Å². The van der Waals surface area contributed by atoms with Crippen molar-refractivity contribution >= 4 is 27.6 Å². The average Bonchev–Trinajstić information content (AvgIpc) is 3.16. The van der Waals surface area contributed by atoms with Crippen LogP contribution in [0.5, 0.6) is 5.75 Å². The minimum Gasteiger partial charge on any atom is -0.497 e. The second-order valence-corrected chi connectivity index (χ2v) is 5.74. The Morgan fingerprint density at radius 2 is 1.48 bits per heavy atom. The number of aryl methyl sites for hydroxylation is 1. The summed E-state index contributed by atoms with van der Waals surface area (Å²) >= 11 is 0. The lowest BCUT2D eigenvalue weighted by Crippen LogP contribution is -2.01. The first-order valence-corrected chi connectivity index (χ1v) is 7.45. The Morgan fingerprint density at radius 1 is 0.870 bits per heavy atom. The van der Waals surface area contributed by atoms with Crippen LogP contribution in [0.2, 0.25) is 0 Å². The lowest BCUT2D eigenvalue weighted by molar-refractivity contribution is 0.103. The van der Waals surface area contributed by atoms with Gasteiger partial charge in [-0.25, -0.2) is 0 Å². The molecule has 4 heteroatoms. The van der Waals surface area contributed by atoms with Crippen LogP contribution in [0.3, 0.4) is 0 Å². The van der Waals surface area contributed by atoms with Gasteiger partial charge in [-0.2, -0.15) is 0 Å². The summed E-state index contributed by atoms with van der Waals surface area (Å²) in [6.07, 6.45) is 0. The van der Waals surface area contributed by atoms with Gasteiger partial charge in [0.15, 0.2) is 0 Å². The minimum atomic E-state index is -0.0472. The highest BCUT2D eigenvalue weighted by Crippen LogP contribution is 2.24. The van der Waals surface area contributed by atoms with Gasteiger partial charge >= 0.3 is 0 Å². The zero-order valence-electron chi connectivity index (χ0n) is 12.9. The zero-order valence-corrected chi connectivity index (χ0v) is 12.9. The van der Waals surface area contributed by atoms with Crippen LogP contribution in [0.1, 0.15) is 21.7 Å². The first kappa shape index (κ1) is 13.6.